The van der Waals surface area contributed by atoms with Crippen molar-refractivity contribution < 1.29 is 43.0 Å². The van der Waals surface area contributed by atoms with E-state index in [9.17, 15) is 28.8 Å². The van der Waals surface area contributed by atoms with Crippen LogP contribution in [-0.2, 0) is 33.4 Å². The summed E-state index contributed by atoms with van der Waals surface area (Å²) in [5, 5.41) is 24.2. The predicted molar refractivity (Wildman–Crippen MR) is 220 cm³/mol. The predicted octanol–water partition coefficient (Wildman–Crippen LogP) is 1.29. The van der Waals surface area contributed by atoms with Crippen LogP contribution in [0.2, 0.25) is 0 Å². The quantitative estimate of drug-likeness (QED) is 0.0380. The van der Waals surface area contributed by atoms with E-state index in [2.05, 4.69) is 42.5 Å². The lowest BCUT2D eigenvalue weighted by Gasteiger charge is -2.17. The third-order valence-electron chi connectivity index (χ3n) is 10.3. The van der Waals surface area contributed by atoms with Gasteiger partial charge in [-0.2, -0.15) is 23.5 Å². The molecule has 4 saturated heterocycles. The highest BCUT2D eigenvalue weighted by atomic mass is 32.2. The third kappa shape index (κ3) is 18.2. The largest absolute Gasteiger partial charge is 0.379 e. The number of hydrogen-bond acceptors (Lipinski definition) is 11. The number of amides is 8. The normalized spacial score (nSPS) is 24.3. The number of fused-ring (bicyclic) bond motifs is 2. The van der Waals surface area contributed by atoms with E-state index in [0.717, 1.165) is 50.0 Å². The Labute approximate surface area is 345 Å². The molecule has 0 aromatic carbocycles. The lowest BCUT2D eigenvalue weighted by atomic mass is 10.0. The standard InChI is InChI=1S/C38H66N8O9S2/c1-25(41-31(47)11-5-3-9-29-35-27(23-56-29)43-37(51)45-35)21-33(49)39-13-7-15-53-17-19-55-20-18-54-16-8-14-40-34(50)22-26(2)42-32(48)12-6-4-10-30-36-28(24-57-30)44-38(52)46-36/h25-30,35-36H,3-24H2,1-2H3,(H,39,49)(H,40,50)(H,41,47)(H,42,48)(H2,43,45,51)(H2,44,46,52). The number of thioether (sulfide) groups is 2. The molecule has 8 unspecified atom stereocenters. The van der Waals surface area contributed by atoms with E-state index in [0.29, 0.717) is 88.9 Å². The summed E-state index contributed by atoms with van der Waals surface area (Å²) in [6.45, 7) is 7.39. The van der Waals surface area contributed by atoms with E-state index in [4.69, 9.17) is 14.2 Å². The zero-order chi connectivity index (χ0) is 40.8. The molecule has 19 heteroatoms. The van der Waals surface area contributed by atoms with Gasteiger partial charge >= 0.3 is 12.1 Å². The van der Waals surface area contributed by atoms with Crippen molar-refractivity contribution in [3.05, 3.63) is 0 Å². The number of nitrogens with one attached hydrogen (secondary N) is 8. The highest BCUT2D eigenvalue weighted by Gasteiger charge is 2.43. The van der Waals surface area contributed by atoms with Gasteiger partial charge < -0.3 is 56.7 Å². The minimum absolute atomic E-state index is 0.0475. The molecule has 4 aliphatic rings. The average Bonchev–Trinajstić information content (AvgIpc) is 3.92. The number of ether oxygens (including phenoxy) is 3. The number of carbonyl (C=O) groups is 6. The molecule has 8 atom stereocenters. The number of hydrogen-bond donors (Lipinski definition) is 8. The Kier molecular flexibility index (Phi) is 21.4. The molecule has 0 bridgehead atoms. The first-order chi connectivity index (χ1) is 27.6. The Morgan fingerprint density at radius 2 is 0.982 bits per heavy atom. The second-order valence-electron chi connectivity index (χ2n) is 15.3. The fraction of sp³-hybridized carbons (Fsp3) is 0.842. The molecule has 4 rings (SSSR count). The molecular weight excluding hydrogens is 777 g/mol. The van der Waals surface area contributed by atoms with E-state index in [1.165, 1.54) is 0 Å². The van der Waals surface area contributed by atoms with Crippen molar-refractivity contribution in [2.45, 2.75) is 138 Å². The minimum atomic E-state index is -0.247. The Morgan fingerprint density at radius 1 is 0.579 bits per heavy atom. The minimum Gasteiger partial charge on any atom is -0.379 e. The van der Waals surface area contributed by atoms with E-state index < -0.39 is 0 Å². The SMILES string of the molecule is CC(CC(=O)NCCCOCCOCCOCCCNC(=O)CC(C)NC(=O)CCCCC1SCC2NC(=O)NC21)NC(=O)CCCCC1SCC2NC(=O)NC21. The second kappa shape index (κ2) is 26.2. The van der Waals surface area contributed by atoms with Gasteiger partial charge in [-0.05, 0) is 52.4 Å². The molecule has 0 saturated carbocycles. The molecule has 4 heterocycles. The fourth-order valence-corrected chi connectivity index (χ4v) is 10.5. The van der Waals surface area contributed by atoms with Gasteiger partial charge in [-0.15, -0.1) is 0 Å². The summed E-state index contributed by atoms with van der Waals surface area (Å²) in [5.74, 6) is 1.55. The lowest BCUT2D eigenvalue weighted by molar-refractivity contribution is -0.125. The Bertz CT molecular complexity index is 1210. The van der Waals surface area contributed by atoms with Gasteiger partial charge in [0.15, 0.2) is 0 Å². The Balaban J connectivity index is 0.838. The molecule has 0 radical (unpaired) electrons. The van der Waals surface area contributed by atoms with Crippen LogP contribution in [0.4, 0.5) is 9.59 Å². The van der Waals surface area contributed by atoms with Gasteiger partial charge in [0.1, 0.15) is 0 Å². The maximum Gasteiger partial charge on any atom is 0.315 e. The van der Waals surface area contributed by atoms with Crippen LogP contribution in [0.15, 0.2) is 0 Å². The molecule has 324 valence electrons. The molecule has 8 amide bonds. The van der Waals surface area contributed by atoms with E-state index in [1.807, 2.05) is 37.4 Å². The molecule has 4 aliphatic heterocycles. The van der Waals surface area contributed by atoms with Crippen molar-refractivity contribution in [1.82, 2.24) is 42.5 Å². The summed E-state index contributed by atoms with van der Waals surface area (Å²) in [7, 11) is 0. The van der Waals surface area contributed by atoms with E-state index >= 15 is 0 Å². The molecule has 17 nitrogen and oxygen atoms in total. The maximum absolute atomic E-state index is 12.3. The number of urea groups is 2. The van der Waals surface area contributed by atoms with Crippen molar-refractivity contribution >= 4 is 59.2 Å². The van der Waals surface area contributed by atoms with Gasteiger partial charge in [-0.3, -0.25) is 19.2 Å². The van der Waals surface area contributed by atoms with Gasteiger partial charge in [-0.25, -0.2) is 9.59 Å². The smallest absolute Gasteiger partial charge is 0.315 e. The maximum atomic E-state index is 12.3. The molecule has 0 aromatic heterocycles. The van der Waals surface area contributed by atoms with Crippen LogP contribution in [0.5, 0.6) is 0 Å². The number of carbonyl (C=O) groups excluding carboxylic acids is 6. The first-order valence-corrected chi connectivity index (χ1v) is 22.9. The molecule has 0 spiro atoms. The van der Waals surface area contributed by atoms with Crippen LogP contribution in [0, 0.1) is 0 Å². The number of unbranched alkanes of at least 4 members (excludes halogenated alkanes) is 2. The van der Waals surface area contributed by atoms with Crippen molar-refractivity contribution in [3.63, 3.8) is 0 Å². The zero-order valence-corrected chi connectivity index (χ0v) is 35.3. The highest BCUT2D eigenvalue weighted by molar-refractivity contribution is 8.00. The van der Waals surface area contributed by atoms with Crippen molar-refractivity contribution in [3.8, 4) is 0 Å². The van der Waals surface area contributed by atoms with Crippen molar-refractivity contribution in [2.24, 2.45) is 0 Å². The third-order valence-corrected chi connectivity index (χ3v) is 13.3. The van der Waals surface area contributed by atoms with Gasteiger partial charge in [0, 0.05) is 86.1 Å². The van der Waals surface area contributed by atoms with Crippen LogP contribution in [-0.4, -0.2) is 147 Å². The first kappa shape index (κ1) is 46.7. The molecule has 57 heavy (non-hydrogen) atoms. The van der Waals surface area contributed by atoms with Gasteiger partial charge in [0.25, 0.3) is 0 Å². The summed E-state index contributed by atoms with van der Waals surface area (Å²) in [6, 6.07) is 0.142. The van der Waals surface area contributed by atoms with Crippen LogP contribution >= 0.6 is 23.5 Å². The molecule has 8 N–H and O–H groups in total. The molecule has 0 aliphatic carbocycles. The zero-order valence-electron chi connectivity index (χ0n) is 33.7. The van der Waals surface area contributed by atoms with Gasteiger partial charge in [-0.1, -0.05) is 12.8 Å². The fourth-order valence-electron chi connectivity index (χ4n) is 7.39. The molecular formula is C38H66N8O9S2. The van der Waals surface area contributed by atoms with Crippen molar-refractivity contribution in [2.75, 3.05) is 64.2 Å². The van der Waals surface area contributed by atoms with Crippen LogP contribution in [0.25, 0.3) is 0 Å². The Morgan fingerprint density at radius 3 is 1.40 bits per heavy atom. The molecule has 4 fully saturated rings. The van der Waals surface area contributed by atoms with Crippen LogP contribution in [0.3, 0.4) is 0 Å². The highest BCUT2D eigenvalue weighted by Crippen LogP contribution is 2.34. The summed E-state index contributed by atoms with van der Waals surface area (Å²) in [5.41, 5.74) is 0. The average molecular weight is 843 g/mol. The van der Waals surface area contributed by atoms with Crippen molar-refractivity contribution in [1.29, 1.82) is 0 Å². The summed E-state index contributed by atoms with van der Waals surface area (Å²) in [6.07, 6.45) is 7.96. The van der Waals surface area contributed by atoms with E-state index in [-0.39, 0.29) is 84.8 Å². The summed E-state index contributed by atoms with van der Waals surface area (Å²) >= 11 is 3.75. The van der Waals surface area contributed by atoms with E-state index in [1.54, 1.807) is 0 Å². The first-order valence-electron chi connectivity index (χ1n) is 20.8. The second-order valence-corrected chi connectivity index (χ2v) is 17.9. The summed E-state index contributed by atoms with van der Waals surface area (Å²) in [4.78, 5) is 72.2. The van der Waals surface area contributed by atoms with Gasteiger partial charge in [0.05, 0.1) is 50.6 Å². The Hall–Kier alpha value is -3.00. The van der Waals surface area contributed by atoms with Gasteiger partial charge in [0.2, 0.25) is 23.6 Å². The molecule has 0 aromatic rings. The van der Waals surface area contributed by atoms with Crippen LogP contribution in [0.1, 0.15) is 90.9 Å². The van der Waals surface area contributed by atoms with Crippen LogP contribution < -0.4 is 42.5 Å². The lowest BCUT2D eigenvalue weighted by Crippen LogP contribution is -2.37. The monoisotopic (exact) mass is 842 g/mol. The topological polar surface area (TPSA) is 226 Å². The number of rotatable bonds is 30. The summed E-state index contributed by atoms with van der Waals surface area (Å²) < 4.78 is 16.7.